The van der Waals surface area contributed by atoms with Crippen molar-refractivity contribution in [1.29, 1.82) is 0 Å². The first-order valence-electron chi connectivity index (χ1n) is 5.74. The average molecular weight is 218 g/mol. The molecule has 0 aliphatic heterocycles. The van der Waals surface area contributed by atoms with E-state index in [4.69, 9.17) is 5.73 Å². The number of amides is 1. The summed E-state index contributed by atoms with van der Waals surface area (Å²) >= 11 is 0. The molecule has 0 saturated heterocycles. The van der Waals surface area contributed by atoms with Crippen molar-refractivity contribution in [2.24, 2.45) is 5.73 Å². The Hall–Kier alpha value is -1.35. The van der Waals surface area contributed by atoms with E-state index in [0.717, 1.165) is 18.4 Å². The second kappa shape index (κ2) is 4.26. The van der Waals surface area contributed by atoms with Gasteiger partial charge < -0.3 is 11.1 Å². The molecule has 0 spiro atoms. The standard InChI is InChI=1S/C13H18N2O/c1-10-3-2-4-11(9-10)13(5-6-13)12(16)15-8-7-14/h2-4,9H,5-8,14H2,1H3,(H,15,16). The van der Waals surface area contributed by atoms with E-state index in [1.807, 2.05) is 12.1 Å². The van der Waals surface area contributed by atoms with Gasteiger partial charge in [-0.2, -0.15) is 0 Å². The molecule has 0 atom stereocenters. The fraction of sp³-hybridized carbons (Fsp3) is 0.462. The predicted molar refractivity (Wildman–Crippen MR) is 64.2 cm³/mol. The molecule has 16 heavy (non-hydrogen) atoms. The van der Waals surface area contributed by atoms with E-state index in [1.165, 1.54) is 5.56 Å². The van der Waals surface area contributed by atoms with Crippen LogP contribution in [0.4, 0.5) is 0 Å². The molecule has 3 N–H and O–H groups in total. The second-order valence-electron chi connectivity index (χ2n) is 4.50. The molecule has 1 aromatic carbocycles. The van der Waals surface area contributed by atoms with Gasteiger partial charge in [0.1, 0.15) is 0 Å². The maximum atomic E-state index is 12.0. The van der Waals surface area contributed by atoms with Crippen molar-refractivity contribution in [3.05, 3.63) is 35.4 Å². The van der Waals surface area contributed by atoms with E-state index >= 15 is 0 Å². The molecule has 1 aliphatic carbocycles. The number of hydrogen-bond acceptors (Lipinski definition) is 2. The zero-order chi connectivity index (χ0) is 11.6. The highest BCUT2D eigenvalue weighted by molar-refractivity contribution is 5.91. The Kier molecular flexibility index (Phi) is 2.97. The largest absolute Gasteiger partial charge is 0.354 e. The number of carbonyl (C=O) groups is 1. The quantitative estimate of drug-likeness (QED) is 0.795. The van der Waals surface area contributed by atoms with Crippen molar-refractivity contribution < 1.29 is 4.79 Å². The number of benzene rings is 1. The van der Waals surface area contributed by atoms with E-state index < -0.39 is 0 Å². The molecular weight excluding hydrogens is 200 g/mol. The highest BCUT2D eigenvalue weighted by Crippen LogP contribution is 2.48. The minimum atomic E-state index is -0.263. The zero-order valence-corrected chi connectivity index (χ0v) is 9.62. The van der Waals surface area contributed by atoms with E-state index in [1.54, 1.807) is 0 Å². The van der Waals surface area contributed by atoms with Gasteiger partial charge in [-0.15, -0.1) is 0 Å². The lowest BCUT2D eigenvalue weighted by Gasteiger charge is -2.15. The Morgan fingerprint density at radius 3 is 2.81 bits per heavy atom. The summed E-state index contributed by atoms with van der Waals surface area (Å²) in [6, 6.07) is 8.22. The molecule has 1 saturated carbocycles. The van der Waals surface area contributed by atoms with E-state index in [-0.39, 0.29) is 11.3 Å². The third-order valence-electron chi connectivity index (χ3n) is 3.19. The molecule has 0 aromatic heterocycles. The number of carbonyl (C=O) groups excluding carboxylic acids is 1. The third kappa shape index (κ3) is 1.95. The van der Waals surface area contributed by atoms with Crippen molar-refractivity contribution in [3.8, 4) is 0 Å². The van der Waals surface area contributed by atoms with Crippen LogP contribution in [0.1, 0.15) is 24.0 Å². The molecule has 86 valence electrons. The maximum Gasteiger partial charge on any atom is 0.230 e. The van der Waals surface area contributed by atoms with Crippen LogP contribution >= 0.6 is 0 Å². The summed E-state index contributed by atoms with van der Waals surface area (Å²) in [7, 11) is 0. The van der Waals surface area contributed by atoms with Gasteiger partial charge in [0.25, 0.3) is 0 Å². The van der Waals surface area contributed by atoms with E-state index in [0.29, 0.717) is 13.1 Å². The first-order valence-corrected chi connectivity index (χ1v) is 5.74. The van der Waals surface area contributed by atoms with Gasteiger partial charge in [0.15, 0.2) is 0 Å². The molecule has 0 bridgehead atoms. The van der Waals surface area contributed by atoms with Crippen LogP contribution in [0.15, 0.2) is 24.3 Å². The smallest absolute Gasteiger partial charge is 0.230 e. The summed E-state index contributed by atoms with van der Waals surface area (Å²) < 4.78 is 0. The van der Waals surface area contributed by atoms with Gasteiger partial charge in [-0.3, -0.25) is 4.79 Å². The fourth-order valence-corrected chi connectivity index (χ4v) is 2.07. The van der Waals surface area contributed by atoms with Crippen LogP contribution in [-0.4, -0.2) is 19.0 Å². The van der Waals surface area contributed by atoms with Crippen LogP contribution in [0.3, 0.4) is 0 Å². The lowest BCUT2D eigenvalue weighted by Crippen LogP contribution is -2.37. The first kappa shape index (κ1) is 11.1. The fourth-order valence-electron chi connectivity index (χ4n) is 2.07. The van der Waals surface area contributed by atoms with Crippen LogP contribution < -0.4 is 11.1 Å². The predicted octanol–water partition coefficient (Wildman–Crippen LogP) is 1.10. The average Bonchev–Trinajstić information content (AvgIpc) is 3.07. The molecular formula is C13H18N2O. The Morgan fingerprint density at radius 2 is 2.25 bits per heavy atom. The van der Waals surface area contributed by atoms with Gasteiger partial charge >= 0.3 is 0 Å². The normalized spacial score (nSPS) is 16.9. The Balaban J connectivity index is 2.16. The molecule has 3 heteroatoms. The minimum absolute atomic E-state index is 0.128. The summed E-state index contributed by atoms with van der Waals surface area (Å²) in [6.07, 6.45) is 1.90. The number of aryl methyl sites for hydroxylation is 1. The van der Waals surface area contributed by atoms with Gasteiger partial charge in [0.05, 0.1) is 5.41 Å². The Morgan fingerprint density at radius 1 is 1.50 bits per heavy atom. The lowest BCUT2D eigenvalue weighted by atomic mass is 9.93. The molecule has 3 nitrogen and oxygen atoms in total. The van der Waals surface area contributed by atoms with Crippen LogP contribution in [0.25, 0.3) is 0 Å². The third-order valence-corrected chi connectivity index (χ3v) is 3.19. The van der Waals surface area contributed by atoms with Gasteiger partial charge in [0.2, 0.25) is 5.91 Å². The molecule has 0 unspecified atom stereocenters. The number of rotatable bonds is 4. The number of nitrogens with two attached hydrogens (primary N) is 1. The van der Waals surface area contributed by atoms with Crippen LogP contribution in [0.5, 0.6) is 0 Å². The minimum Gasteiger partial charge on any atom is -0.354 e. The summed E-state index contributed by atoms with van der Waals surface area (Å²) in [5, 5.41) is 2.89. The van der Waals surface area contributed by atoms with Crippen LogP contribution in [0, 0.1) is 6.92 Å². The molecule has 1 fully saturated rings. The van der Waals surface area contributed by atoms with Crippen molar-refractivity contribution in [3.63, 3.8) is 0 Å². The molecule has 0 heterocycles. The second-order valence-corrected chi connectivity index (χ2v) is 4.50. The van der Waals surface area contributed by atoms with Gasteiger partial charge in [0, 0.05) is 13.1 Å². The van der Waals surface area contributed by atoms with Crippen molar-refractivity contribution in [2.75, 3.05) is 13.1 Å². The molecule has 1 aromatic rings. The summed E-state index contributed by atoms with van der Waals surface area (Å²) in [4.78, 5) is 12.0. The molecule has 0 radical (unpaired) electrons. The van der Waals surface area contributed by atoms with Crippen molar-refractivity contribution >= 4 is 5.91 Å². The van der Waals surface area contributed by atoms with Gasteiger partial charge in [-0.1, -0.05) is 29.8 Å². The Labute approximate surface area is 96.0 Å². The number of hydrogen-bond donors (Lipinski definition) is 2. The van der Waals surface area contributed by atoms with E-state index in [2.05, 4.69) is 24.4 Å². The summed E-state index contributed by atoms with van der Waals surface area (Å²) in [6.45, 7) is 3.11. The van der Waals surface area contributed by atoms with Crippen molar-refractivity contribution in [2.45, 2.75) is 25.2 Å². The number of nitrogens with one attached hydrogen (secondary N) is 1. The Bertz CT molecular complexity index is 397. The molecule has 1 aliphatic rings. The molecule has 1 amide bonds. The van der Waals surface area contributed by atoms with Crippen molar-refractivity contribution in [1.82, 2.24) is 5.32 Å². The lowest BCUT2D eigenvalue weighted by molar-refractivity contribution is -0.123. The van der Waals surface area contributed by atoms with E-state index in [9.17, 15) is 4.79 Å². The monoisotopic (exact) mass is 218 g/mol. The van der Waals surface area contributed by atoms with Gasteiger partial charge in [-0.05, 0) is 25.3 Å². The zero-order valence-electron chi connectivity index (χ0n) is 9.62. The first-order chi connectivity index (χ1) is 7.69. The summed E-state index contributed by atoms with van der Waals surface area (Å²) in [5.74, 6) is 0.128. The highest BCUT2D eigenvalue weighted by atomic mass is 16.2. The SMILES string of the molecule is Cc1cccc(C2(C(=O)NCCN)CC2)c1. The van der Waals surface area contributed by atoms with Crippen LogP contribution in [-0.2, 0) is 10.2 Å². The molecule has 2 rings (SSSR count). The maximum absolute atomic E-state index is 12.0. The topological polar surface area (TPSA) is 55.1 Å². The highest BCUT2D eigenvalue weighted by Gasteiger charge is 2.50. The summed E-state index contributed by atoms with van der Waals surface area (Å²) in [5.41, 5.74) is 7.47. The van der Waals surface area contributed by atoms with Gasteiger partial charge in [-0.25, -0.2) is 0 Å². The van der Waals surface area contributed by atoms with Crippen LogP contribution in [0.2, 0.25) is 0 Å².